The number of carbonyl (C=O) groups excluding carboxylic acids is 1. The van der Waals surface area contributed by atoms with Gasteiger partial charge in [0.2, 0.25) is 5.91 Å². The first-order valence-corrected chi connectivity index (χ1v) is 5.37. The number of rotatable bonds is 4. The van der Waals surface area contributed by atoms with E-state index in [4.69, 9.17) is 9.52 Å². The lowest BCUT2D eigenvalue weighted by atomic mass is 10.3. The van der Waals surface area contributed by atoms with Crippen LogP contribution in [0.3, 0.4) is 0 Å². The number of nitrogens with zero attached hydrogens (tertiary/aromatic N) is 1. The number of pyridine rings is 1. The van der Waals surface area contributed by atoms with Crippen LogP contribution in [0.5, 0.6) is 0 Å². The van der Waals surface area contributed by atoms with Crippen molar-refractivity contribution in [2.75, 3.05) is 5.32 Å². The van der Waals surface area contributed by atoms with Crippen molar-refractivity contribution in [2.24, 2.45) is 0 Å². The Hall–Kier alpha value is -2.40. The molecular weight excluding hydrogens is 232 g/mol. The summed E-state index contributed by atoms with van der Waals surface area (Å²) < 4.78 is 5.06. The molecule has 0 aromatic carbocycles. The summed E-state index contributed by atoms with van der Waals surface area (Å²) in [6.45, 7) is -0.161. The van der Waals surface area contributed by atoms with Gasteiger partial charge in [0.15, 0.2) is 0 Å². The summed E-state index contributed by atoms with van der Waals surface area (Å²) in [6, 6.07) is 8.52. The van der Waals surface area contributed by atoms with Crippen molar-refractivity contribution in [2.45, 2.75) is 6.61 Å². The number of furan rings is 1. The van der Waals surface area contributed by atoms with E-state index < -0.39 is 0 Å². The molecule has 0 fully saturated rings. The second-order valence-electron chi connectivity index (χ2n) is 3.51. The molecule has 0 saturated heterocycles. The number of aliphatic hydroxyl groups is 1. The maximum Gasteiger partial charge on any atom is 0.249 e. The lowest BCUT2D eigenvalue weighted by Crippen LogP contribution is -2.09. The van der Waals surface area contributed by atoms with E-state index in [2.05, 4.69) is 10.3 Å². The number of aliphatic hydroxyl groups excluding tert-OH is 1. The van der Waals surface area contributed by atoms with Crippen LogP contribution in [0, 0.1) is 0 Å². The van der Waals surface area contributed by atoms with Crippen LogP contribution < -0.4 is 5.32 Å². The number of aromatic nitrogens is 1. The van der Waals surface area contributed by atoms with Crippen LogP contribution in [0.15, 0.2) is 47.1 Å². The van der Waals surface area contributed by atoms with Gasteiger partial charge in [0, 0.05) is 6.08 Å². The Kier molecular flexibility index (Phi) is 3.88. The van der Waals surface area contributed by atoms with Crippen LogP contribution >= 0.6 is 0 Å². The van der Waals surface area contributed by atoms with Crippen LogP contribution in [0.1, 0.15) is 11.5 Å². The third kappa shape index (κ3) is 3.29. The van der Waals surface area contributed by atoms with Crippen molar-refractivity contribution in [3.05, 3.63) is 54.1 Å². The van der Waals surface area contributed by atoms with Crippen molar-refractivity contribution in [1.82, 2.24) is 4.98 Å². The van der Waals surface area contributed by atoms with Gasteiger partial charge in [-0.15, -0.1) is 0 Å². The van der Waals surface area contributed by atoms with E-state index in [1.807, 2.05) is 0 Å². The first-order chi connectivity index (χ1) is 8.78. The summed E-state index contributed by atoms with van der Waals surface area (Å²) in [4.78, 5) is 15.6. The highest BCUT2D eigenvalue weighted by Crippen LogP contribution is 2.06. The lowest BCUT2D eigenvalue weighted by molar-refractivity contribution is -0.111. The SMILES string of the molecule is O=C(/C=C/c1ccco1)Nc1cccc(CO)n1. The predicted octanol–water partition coefficient (Wildman–Crippen LogP) is 1.82. The molecule has 0 unspecified atom stereocenters. The molecule has 0 aliphatic heterocycles. The second kappa shape index (κ2) is 5.79. The highest BCUT2D eigenvalue weighted by molar-refractivity contribution is 6.01. The minimum absolute atomic E-state index is 0.161. The van der Waals surface area contributed by atoms with Gasteiger partial charge >= 0.3 is 0 Å². The topological polar surface area (TPSA) is 75.4 Å². The van der Waals surface area contributed by atoms with Crippen LogP contribution in [0.4, 0.5) is 5.82 Å². The van der Waals surface area contributed by atoms with Crippen molar-refractivity contribution in [1.29, 1.82) is 0 Å². The fraction of sp³-hybridized carbons (Fsp3) is 0.0769. The second-order valence-corrected chi connectivity index (χ2v) is 3.51. The molecule has 2 heterocycles. The fourth-order valence-corrected chi connectivity index (χ4v) is 1.35. The van der Waals surface area contributed by atoms with Gasteiger partial charge in [-0.2, -0.15) is 0 Å². The molecule has 0 atom stereocenters. The number of anilines is 1. The van der Waals surface area contributed by atoms with Gasteiger partial charge in [0.1, 0.15) is 11.6 Å². The fourth-order valence-electron chi connectivity index (χ4n) is 1.35. The predicted molar refractivity (Wildman–Crippen MR) is 66.5 cm³/mol. The molecule has 2 aromatic rings. The standard InChI is InChI=1S/C13H12N2O3/c16-9-10-3-1-5-12(14-10)15-13(17)7-6-11-4-2-8-18-11/h1-8,16H,9H2,(H,14,15,17)/b7-6+. The zero-order chi connectivity index (χ0) is 12.8. The van der Waals surface area contributed by atoms with Crippen LogP contribution in [-0.2, 0) is 11.4 Å². The maximum absolute atomic E-state index is 11.6. The van der Waals surface area contributed by atoms with Crippen LogP contribution in [0.25, 0.3) is 6.08 Å². The quantitative estimate of drug-likeness (QED) is 0.804. The van der Waals surface area contributed by atoms with Crippen LogP contribution in [0.2, 0.25) is 0 Å². The van der Waals surface area contributed by atoms with E-state index in [1.165, 1.54) is 12.3 Å². The molecule has 0 aliphatic carbocycles. The van der Waals surface area contributed by atoms with Gasteiger partial charge < -0.3 is 14.8 Å². The van der Waals surface area contributed by atoms with Crippen molar-refractivity contribution in [3.63, 3.8) is 0 Å². The molecule has 2 rings (SSSR count). The monoisotopic (exact) mass is 244 g/mol. The Balaban J connectivity index is 1.98. The summed E-state index contributed by atoms with van der Waals surface area (Å²) in [6.07, 6.45) is 4.45. The van der Waals surface area contributed by atoms with Gasteiger partial charge in [-0.3, -0.25) is 4.79 Å². The number of hydrogen-bond acceptors (Lipinski definition) is 4. The highest BCUT2D eigenvalue weighted by atomic mass is 16.3. The van der Waals surface area contributed by atoms with Gasteiger partial charge in [-0.25, -0.2) is 4.98 Å². The van der Waals surface area contributed by atoms with E-state index >= 15 is 0 Å². The number of carbonyl (C=O) groups is 1. The molecule has 92 valence electrons. The molecule has 18 heavy (non-hydrogen) atoms. The van der Waals surface area contributed by atoms with Gasteiger partial charge in [0.05, 0.1) is 18.6 Å². The summed E-state index contributed by atoms with van der Waals surface area (Å²) >= 11 is 0. The van der Waals surface area contributed by atoms with E-state index in [-0.39, 0.29) is 12.5 Å². The van der Waals surface area contributed by atoms with Crippen molar-refractivity contribution in [3.8, 4) is 0 Å². The summed E-state index contributed by atoms with van der Waals surface area (Å²) in [5, 5.41) is 11.5. The Bertz CT molecular complexity index is 547. The molecule has 2 N–H and O–H groups in total. The van der Waals surface area contributed by atoms with E-state index in [0.29, 0.717) is 17.3 Å². The average molecular weight is 244 g/mol. The molecule has 5 nitrogen and oxygen atoms in total. The molecule has 0 aliphatic rings. The Morgan fingerprint density at radius 3 is 3.00 bits per heavy atom. The normalized spacial score (nSPS) is 10.7. The largest absolute Gasteiger partial charge is 0.465 e. The highest BCUT2D eigenvalue weighted by Gasteiger charge is 2.00. The van der Waals surface area contributed by atoms with Gasteiger partial charge in [0.25, 0.3) is 0 Å². The zero-order valence-electron chi connectivity index (χ0n) is 9.54. The third-order valence-corrected chi connectivity index (χ3v) is 2.16. The minimum Gasteiger partial charge on any atom is -0.465 e. The third-order valence-electron chi connectivity index (χ3n) is 2.16. The first kappa shape index (κ1) is 12.1. The Labute approximate surface area is 104 Å². The van der Waals surface area contributed by atoms with Gasteiger partial charge in [-0.05, 0) is 30.3 Å². The molecule has 2 aromatic heterocycles. The minimum atomic E-state index is -0.311. The molecule has 0 spiro atoms. The number of hydrogen-bond donors (Lipinski definition) is 2. The molecule has 1 amide bonds. The Morgan fingerprint density at radius 1 is 1.39 bits per heavy atom. The molecule has 0 saturated carbocycles. The zero-order valence-corrected chi connectivity index (χ0v) is 9.54. The van der Waals surface area contributed by atoms with Gasteiger partial charge in [-0.1, -0.05) is 6.07 Å². The summed E-state index contributed by atoms with van der Waals surface area (Å²) in [7, 11) is 0. The molecule has 0 bridgehead atoms. The summed E-state index contributed by atoms with van der Waals surface area (Å²) in [5.74, 6) is 0.687. The Morgan fingerprint density at radius 2 is 2.28 bits per heavy atom. The number of nitrogens with one attached hydrogen (secondary N) is 1. The summed E-state index contributed by atoms with van der Waals surface area (Å²) in [5.41, 5.74) is 0.503. The van der Waals surface area contributed by atoms with Crippen LogP contribution in [-0.4, -0.2) is 16.0 Å². The van der Waals surface area contributed by atoms with E-state index in [9.17, 15) is 4.79 Å². The molecular formula is C13H12N2O3. The van der Waals surface area contributed by atoms with E-state index in [0.717, 1.165) is 0 Å². The molecule has 0 radical (unpaired) electrons. The smallest absolute Gasteiger partial charge is 0.249 e. The van der Waals surface area contributed by atoms with E-state index in [1.54, 1.807) is 36.4 Å². The van der Waals surface area contributed by atoms with Crippen molar-refractivity contribution < 1.29 is 14.3 Å². The molecule has 5 heteroatoms. The lowest BCUT2D eigenvalue weighted by Gasteiger charge is -2.02. The first-order valence-electron chi connectivity index (χ1n) is 5.37. The number of amides is 1. The van der Waals surface area contributed by atoms with Crippen molar-refractivity contribution >= 4 is 17.8 Å². The average Bonchev–Trinajstić information content (AvgIpc) is 2.90. The maximum atomic E-state index is 11.6.